The molecule has 0 aromatic carbocycles. The number of aromatic nitrogens is 2. The summed E-state index contributed by atoms with van der Waals surface area (Å²) < 4.78 is 5.10. The van der Waals surface area contributed by atoms with Crippen molar-refractivity contribution in [3.05, 3.63) is 18.0 Å². The number of alkyl carbamates (subject to hydrolysis) is 1. The van der Waals surface area contributed by atoms with E-state index in [1.54, 1.807) is 18.3 Å². The molecule has 0 saturated heterocycles. The maximum absolute atomic E-state index is 11.4. The van der Waals surface area contributed by atoms with E-state index in [4.69, 9.17) is 10.5 Å². The van der Waals surface area contributed by atoms with Gasteiger partial charge in [0.1, 0.15) is 17.1 Å². The number of nitrogens with one attached hydrogen (secondary N) is 1. The first-order valence-corrected chi connectivity index (χ1v) is 6.00. The fourth-order valence-electron chi connectivity index (χ4n) is 1.25. The normalized spacial score (nSPS) is 11.5. The van der Waals surface area contributed by atoms with Gasteiger partial charge >= 0.3 is 6.09 Å². The Morgan fingerprint density at radius 2 is 2.26 bits per heavy atom. The SMILES string of the molecule is Bc1cnc(N)c(/C=C/CNC(=O)OC(C)(C)C)n1. The number of hydrogen-bond donors (Lipinski definition) is 2. The number of nitrogen functional groups attached to an aromatic ring is 1. The molecule has 0 atom stereocenters. The van der Waals surface area contributed by atoms with Gasteiger partial charge in [0.25, 0.3) is 0 Å². The molecule has 1 heterocycles. The molecular formula is C12H19BN4O2. The molecular weight excluding hydrogens is 243 g/mol. The first kappa shape index (κ1) is 15.0. The van der Waals surface area contributed by atoms with E-state index in [0.29, 0.717) is 18.1 Å². The molecule has 0 unspecified atom stereocenters. The van der Waals surface area contributed by atoms with Crippen LogP contribution in [-0.4, -0.2) is 36.1 Å². The molecule has 6 nitrogen and oxygen atoms in total. The summed E-state index contributed by atoms with van der Waals surface area (Å²) in [6, 6.07) is 0. The monoisotopic (exact) mass is 262 g/mol. The van der Waals surface area contributed by atoms with Gasteiger partial charge in [0, 0.05) is 18.3 Å². The summed E-state index contributed by atoms with van der Waals surface area (Å²) in [6.07, 6.45) is 4.60. The topological polar surface area (TPSA) is 90.1 Å². The van der Waals surface area contributed by atoms with Crippen LogP contribution in [0.15, 0.2) is 12.3 Å². The maximum atomic E-state index is 11.4. The van der Waals surface area contributed by atoms with Gasteiger partial charge in [-0.05, 0) is 26.8 Å². The average Bonchev–Trinajstić information content (AvgIpc) is 2.26. The Bertz CT molecular complexity index is 483. The molecule has 0 aliphatic carbocycles. The molecule has 102 valence electrons. The number of rotatable bonds is 3. The van der Waals surface area contributed by atoms with Crippen LogP contribution in [0.5, 0.6) is 0 Å². The summed E-state index contributed by atoms with van der Waals surface area (Å²) in [6.45, 7) is 5.77. The lowest BCUT2D eigenvalue weighted by Gasteiger charge is -2.19. The van der Waals surface area contributed by atoms with Crippen molar-refractivity contribution >= 4 is 31.4 Å². The second-order valence-electron chi connectivity index (χ2n) is 5.07. The minimum absolute atomic E-state index is 0.337. The van der Waals surface area contributed by atoms with Gasteiger partial charge in [-0.2, -0.15) is 0 Å². The molecule has 19 heavy (non-hydrogen) atoms. The minimum Gasteiger partial charge on any atom is -0.444 e. The van der Waals surface area contributed by atoms with Gasteiger partial charge in [-0.25, -0.2) is 9.78 Å². The number of hydrogen-bond acceptors (Lipinski definition) is 5. The van der Waals surface area contributed by atoms with Crippen LogP contribution >= 0.6 is 0 Å². The summed E-state index contributed by atoms with van der Waals surface area (Å²) in [5.41, 5.74) is 6.55. The predicted molar refractivity (Wildman–Crippen MR) is 77.9 cm³/mol. The van der Waals surface area contributed by atoms with E-state index >= 15 is 0 Å². The molecule has 3 N–H and O–H groups in total. The second kappa shape index (κ2) is 6.22. The van der Waals surface area contributed by atoms with Crippen LogP contribution in [0.25, 0.3) is 6.08 Å². The predicted octanol–water partition coefficient (Wildman–Crippen LogP) is -0.145. The third-order valence-corrected chi connectivity index (χ3v) is 1.99. The fraction of sp³-hybridized carbons (Fsp3) is 0.417. The molecule has 0 aliphatic heterocycles. The van der Waals surface area contributed by atoms with Crippen molar-refractivity contribution < 1.29 is 9.53 Å². The lowest BCUT2D eigenvalue weighted by Crippen LogP contribution is -2.32. The van der Waals surface area contributed by atoms with E-state index in [1.807, 2.05) is 28.6 Å². The highest BCUT2D eigenvalue weighted by Gasteiger charge is 2.14. The molecule has 1 amide bonds. The minimum atomic E-state index is -0.500. The van der Waals surface area contributed by atoms with Crippen molar-refractivity contribution in [2.24, 2.45) is 0 Å². The van der Waals surface area contributed by atoms with Gasteiger partial charge < -0.3 is 15.8 Å². The highest BCUT2D eigenvalue weighted by atomic mass is 16.6. The molecule has 0 radical (unpaired) electrons. The summed E-state index contributed by atoms with van der Waals surface area (Å²) in [7, 11) is 1.84. The van der Waals surface area contributed by atoms with Crippen LogP contribution in [0, 0.1) is 0 Å². The first-order valence-electron chi connectivity index (χ1n) is 6.00. The molecule has 7 heteroatoms. The summed E-state index contributed by atoms with van der Waals surface area (Å²) in [5, 5.41) is 2.61. The Kier molecular flexibility index (Phi) is 4.91. The van der Waals surface area contributed by atoms with Crippen LogP contribution in [0.3, 0.4) is 0 Å². The van der Waals surface area contributed by atoms with E-state index < -0.39 is 11.7 Å². The quantitative estimate of drug-likeness (QED) is 0.739. The number of ether oxygens (including phenoxy) is 1. The van der Waals surface area contributed by atoms with Gasteiger partial charge in [0.05, 0.1) is 0 Å². The van der Waals surface area contributed by atoms with E-state index in [9.17, 15) is 4.79 Å². The first-order chi connectivity index (χ1) is 8.78. The van der Waals surface area contributed by atoms with Gasteiger partial charge in [-0.3, -0.25) is 4.98 Å². The summed E-state index contributed by atoms with van der Waals surface area (Å²) in [5.74, 6) is 0.360. The lowest BCUT2D eigenvalue weighted by atomic mass is 10.1. The highest BCUT2D eigenvalue weighted by Crippen LogP contribution is 2.06. The van der Waals surface area contributed by atoms with Gasteiger partial charge in [0.2, 0.25) is 0 Å². The zero-order valence-electron chi connectivity index (χ0n) is 11.7. The standard InChI is InChI=1S/C12H19BN4O2/c1-12(2,3)19-11(18)15-6-4-5-8-10(14)16-7-9(13)17-8/h4-5,7H,6,13H2,1-3H3,(H2,14,16)(H,15,18)/b5-4+. The molecule has 1 rings (SSSR count). The molecule has 0 saturated carbocycles. The van der Waals surface area contributed by atoms with E-state index in [-0.39, 0.29) is 0 Å². The zero-order chi connectivity index (χ0) is 14.5. The number of nitrogens with zero attached hydrogens (tertiary/aromatic N) is 2. The third kappa shape index (κ3) is 5.90. The van der Waals surface area contributed by atoms with Crippen molar-refractivity contribution in [2.45, 2.75) is 26.4 Å². The third-order valence-electron chi connectivity index (χ3n) is 1.99. The van der Waals surface area contributed by atoms with Crippen LogP contribution in [-0.2, 0) is 4.74 Å². The van der Waals surface area contributed by atoms with Crippen molar-refractivity contribution in [2.75, 3.05) is 12.3 Å². The Morgan fingerprint density at radius 3 is 2.89 bits per heavy atom. The maximum Gasteiger partial charge on any atom is 0.407 e. The van der Waals surface area contributed by atoms with Gasteiger partial charge in [-0.1, -0.05) is 6.08 Å². The van der Waals surface area contributed by atoms with Crippen LogP contribution in [0.4, 0.5) is 10.6 Å². The molecule has 0 bridgehead atoms. The smallest absolute Gasteiger partial charge is 0.407 e. The van der Waals surface area contributed by atoms with Crippen LogP contribution in [0.1, 0.15) is 26.5 Å². The summed E-state index contributed by atoms with van der Waals surface area (Å²) >= 11 is 0. The number of nitrogens with two attached hydrogens (primary N) is 1. The van der Waals surface area contributed by atoms with Crippen molar-refractivity contribution in [3.63, 3.8) is 0 Å². The largest absolute Gasteiger partial charge is 0.444 e. The Labute approximate surface area is 113 Å². The molecule has 1 aromatic rings. The fourth-order valence-corrected chi connectivity index (χ4v) is 1.25. The van der Waals surface area contributed by atoms with Crippen molar-refractivity contribution in [1.82, 2.24) is 15.3 Å². The van der Waals surface area contributed by atoms with Crippen molar-refractivity contribution in [3.8, 4) is 0 Å². The van der Waals surface area contributed by atoms with E-state index in [1.165, 1.54) is 0 Å². The Hall–Kier alpha value is -2.05. The zero-order valence-corrected chi connectivity index (χ0v) is 11.7. The molecule has 0 aliphatic rings. The Morgan fingerprint density at radius 1 is 1.58 bits per heavy atom. The molecule has 0 fully saturated rings. The van der Waals surface area contributed by atoms with E-state index in [0.717, 1.165) is 5.59 Å². The highest BCUT2D eigenvalue weighted by molar-refractivity contribution is 6.30. The van der Waals surface area contributed by atoms with Crippen LogP contribution < -0.4 is 16.6 Å². The van der Waals surface area contributed by atoms with Gasteiger partial charge in [-0.15, -0.1) is 0 Å². The number of carbonyl (C=O) groups is 1. The van der Waals surface area contributed by atoms with E-state index in [2.05, 4.69) is 15.3 Å². The number of carbonyl (C=O) groups excluding carboxylic acids is 1. The van der Waals surface area contributed by atoms with Crippen molar-refractivity contribution in [1.29, 1.82) is 0 Å². The number of amides is 1. The number of anilines is 1. The summed E-state index contributed by atoms with van der Waals surface area (Å²) in [4.78, 5) is 19.6. The molecule has 1 aromatic heterocycles. The average molecular weight is 262 g/mol. The lowest BCUT2D eigenvalue weighted by molar-refractivity contribution is 0.0534. The Balaban J connectivity index is 2.47. The van der Waals surface area contributed by atoms with Gasteiger partial charge in [0.15, 0.2) is 7.85 Å². The second-order valence-corrected chi connectivity index (χ2v) is 5.07. The molecule has 0 spiro atoms. The van der Waals surface area contributed by atoms with Crippen LogP contribution in [0.2, 0.25) is 0 Å².